The zero-order valence-electron chi connectivity index (χ0n) is 16.4. The van der Waals surface area contributed by atoms with Crippen LogP contribution in [0.15, 0.2) is 41.8 Å². The van der Waals surface area contributed by atoms with Crippen molar-refractivity contribution in [3.05, 3.63) is 52.2 Å². The lowest BCUT2D eigenvalue weighted by Crippen LogP contribution is -2.35. The van der Waals surface area contributed by atoms with E-state index in [4.69, 9.17) is 4.74 Å². The maximum atomic E-state index is 12.6. The van der Waals surface area contributed by atoms with Gasteiger partial charge in [-0.25, -0.2) is 0 Å². The number of benzene rings is 1. The van der Waals surface area contributed by atoms with Crippen LogP contribution in [0.3, 0.4) is 0 Å². The van der Waals surface area contributed by atoms with E-state index in [2.05, 4.69) is 0 Å². The number of hydrogen-bond donors (Lipinski definition) is 0. The van der Waals surface area contributed by atoms with Gasteiger partial charge in [-0.2, -0.15) is 0 Å². The van der Waals surface area contributed by atoms with Crippen LogP contribution in [0.5, 0.6) is 0 Å². The van der Waals surface area contributed by atoms with E-state index in [-0.39, 0.29) is 37.4 Å². The summed E-state index contributed by atoms with van der Waals surface area (Å²) in [6.07, 6.45) is 2.00. The van der Waals surface area contributed by atoms with Gasteiger partial charge >= 0.3 is 5.97 Å². The highest BCUT2D eigenvalue weighted by Gasteiger charge is 2.37. The van der Waals surface area contributed by atoms with Gasteiger partial charge in [0.15, 0.2) is 6.61 Å². The van der Waals surface area contributed by atoms with Crippen LogP contribution in [0.1, 0.15) is 35.7 Å². The Morgan fingerprint density at radius 3 is 2.72 bits per heavy atom. The van der Waals surface area contributed by atoms with E-state index < -0.39 is 11.9 Å². The molecular formula is C22H24N2O4S. The maximum absolute atomic E-state index is 12.6. The summed E-state index contributed by atoms with van der Waals surface area (Å²) in [7, 11) is 0. The van der Waals surface area contributed by atoms with Gasteiger partial charge in [0.2, 0.25) is 5.91 Å². The third-order valence-electron chi connectivity index (χ3n) is 5.59. The first-order chi connectivity index (χ1) is 14.0. The summed E-state index contributed by atoms with van der Waals surface area (Å²) in [4.78, 5) is 42.0. The number of ether oxygens (including phenoxy) is 1. The molecule has 0 aliphatic carbocycles. The minimum Gasteiger partial charge on any atom is -0.455 e. The molecule has 2 saturated heterocycles. The van der Waals surface area contributed by atoms with Crippen LogP contribution in [-0.4, -0.2) is 42.4 Å². The molecule has 2 atom stereocenters. The Kier molecular flexibility index (Phi) is 5.67. The van der Waals surface area contributed by atoms with Crippen molar-refractivity contribution in [1.29, 1.82) is 0 Å². The summed E-state index contributed by atoms with van der Waals surface area (Å²) in [5.74, 6) is -1.29. The highest BCUT2D eigenvalue weighted by molar-refractivity contribution is 7.10. The van der Waals surface area contributed by atoms with E-state index in [1.54, 1.807) is 21.1 Å². The van der Waals surface area contributed by atoms with E-state index in [1.165, 1.54) is 0 Å². The minimum atomic E-state index is -0.539. The van der Waals surface area contributed by atoms with Gasteiger partial charge in [-0.05, 0) is 43.3 Å². The number of carbonyl (C=O) groups is 3. The molecule has 0 radical (unpaired) electrons. The summed E-state index contributed by atoms with van der Waals surface area (Å²) in [5.41, 5.74) is 1.89. The van der Waals surface area contributed by atoms with Crippen molar-refractivity contribution in [2.45, 2.75) is 32.2 Å². The third-order valence-corrected chi connectivity index (χ3v) is 6.56. The Morgan fingerprint density at radius 2 is 2.00 bits per heavy atom. The predicted octanol–water partition coefficient (Wildman–Crippen LogP) is 3.32. The summed E-state index contributed by atoms with van der Waals surface area (Å²) in [6, 6.07) is 11.7. The first-order valence-corrected chi connectivity index (χ1v) is 10.8. The fourth-order valence-corrected chi connectivity index (χ4v) is 4.89. The zero-order valence-corrected chi connectivity index (χ0v) is 17.2. The fraction of sp³-hybridized carbons (Fsp3) is 0.409. The van der Waals surface area contributed by atoms with Crippen LogP contribution in [0, 0.1) is 12.8 Å². The molecule has 0 bridgehead atoms. The molecule has 1 aromatic heterocycles. The Bertz CT molecular complexity index is 894. The first kappa shape index (κ1) is 19.6. The standard InChI is InChI=1S/C22H24N2O4S/c1-15-6-8-17(9-7-15)24-13-16(12-20(24)25)22(27)28-14-21(26)23-10-2-4-18(23)19-5-3-11-29-19/h3,5-9,11,16,18H,2,4,10,12-14H2,1H3. The molecule has 2 aromatic rings. The van der Waals surface area contributed by atoms with Crippen LogP contribution in [0.25, 0.3) is 0 Å². The van der Waals surface area contributed by atoms with Crippen LogP contribution >= 0.6 is 11.3 Å². The van der Waals surface area contributed by atoms with Crippen LogP contribution < -0.4 is 4.90 Å². The van der Waals surface area contributed by atoms with Crippen molar-refractivity contribution in [2.75, 3.05) is 24.6 Å². The molecule has 152 valence electrons. The second kappa shape index (κ2) is 8.37. The number of aryl methyl sites for hydroxylation is 1. The summed E-state index contributed by atoms with van der Waals surface area (Å²) < 4.78 is 5.31. The van der Waals surface area contributed by atoms with Gasteiger partial charge in [-0.15, -0.1) is 11.3 Å². The molecular weight excluding hydrogens is 388 g/mol. The summed E-state index contributed by atoms with van der Waals surface area (Å²) in [5, 5.41) is 2.01. The topological polar surface area (TPSA) is 66.9 Å². The summed E-state index contributed by atoms with van der Waals surface area (Å²) in [6.45, 7) is 2.69. The average molecular weight is 413 g/mol. The summed E-state index contributed by atoms with van der Waals surface area (Å²) >= 11 is 1.64. The van der Waals surface area contributed by atoms with Gasteiger partial charge in [0.1, 0.15) is 0 Å². The number of nitrogens with zero attached hydrogens (tertiary/aromatic N) is 2. The van der Waals surface area contributed by atoms with Gasteiger partial charge in [0, 0.05) is 30.1 Å². The number of esters is 1. The van der Waals surface area contributed by atoms with Gasteiger partial charge in [0.25, 0.3) is 5.91 Å². The van der Waals surface area contributed by atoms with Gasteiger partial charge in [-0.1, -0.05) is 23.8 Å². The molecule has 2 unspecified atom stereocenters. The molecule has 3 heterocycles. The third kappa shape index (κ3) is 4.19. The highest BCUT2D eigenvalue weighted by atomic mass is 32.1. The number of amides is 2. The molecule has 0 N–H and O–H groups in total. The van der Waals surface area contributed by atoms with Crippen molar-refractivity contribution in [3.63, 3.8) is 0 Å². The monoisotopic (exact) mass is 412 g/mol. The molecule has 0 saturated carbocycles. The Hall–Kier alpha value is -2.67. The lowest BCUT2D eigenvalue weighted by molar-refractivity contribution is -0.155. The van der Waals surface area contributed by atoms with Crippen LogP contribution in [0.4, 0.5) is 5.69 Å². The van der Waals surface area contributed by atoms with Crippen molar-refractivity contribution in [1.82, 2.24) is 4.90 Å². The quantitative estimate of drug-likeness (QED) is 0.707. The van der Waals surface area contributed by atoms with E-state index in [9.17, 15) is 14.4 Å². The van der Waals surface area contributed by atoms with Gasteiger partial charge < -0.3 is 14.5 Å². The van der Waals surface area contributed by atoms with Crippen LogP contribution in [0.2, 0.25) is 0 Å². The van der Waals surface area contributed by atoms with Crippen molar-refractivity contribution in [2.24, 2.45) is 5.92 Å². The van der Waals surface area contributed by atoms with E-state index in [0.717, 1.165) is 29.0 Å². The Morgan fingerprint density at radius 1 is 1.21 bits per heavy atom. The lowest BCUT2D eigenvalue weighted by atomic mass is 10.1. The molecule has 29 heavy (non-hydrogen) atoms. The molecule has 2 amide bonds. The Balaban J connectivity index is 1.32. The Labute approximate surface area is 174 Å². The number of rotatable bonds is 5. The second-order valence-electron chi connectivity index (χ2n) is 7.61. The van der Waals surface area contributed by atoms with Crippen molar-refractivity contribution >= 4 is 34.8 Å². The smallest absolute Gasteiger partial charge is 0.311 e. The first-order valence-electron chi connectivity index (χ1n) is 9.89. The molecule has 6 nitrogen and oxygen atoms in total. The lowest BCUT2D eigenvalue weighted by Gasteiger charge is -2.24. The fourth-order valence-electron chi connectivity index (χ4n) is 4.02. The molecule has 7 heteroatoms. The minimum absolute atomic E-state index is 0.0753. The van der Waals surface area contributed by atoms with Gasteiger partial charge in [0.05, 0.1) is 12.0 Å². The second-order valence-corrected chi connectivity index (χ2v) is 8.59. The SMILES string of the molecule is Cc1ccc(N2CC(C(=O)OCC(=O)N3CCCC3c3cccs3)CC2=O)cc1. The normalized spacial score (nSPS) is 21.6. The molecule has 1 aromatic carbocycles. The van der Waals surface area contributed by atoms with Gasteiger partial charge in [-0.3, -0.25) is 14.4 Å². The molecule has 0 spiro atoms. The average Bonchev–Trinajstić information content (AvgIpc) is 3.46. The highest BCUT2D eigenvalue weighted by Crippen LogP contribution is 2.34. The number of hydrogen-bond acceptors (Lipinski definition) is 5. The number of thiophene rings is 1. The molecule has 4 rings (SSSR count). The molecule has 2 aliphatic rings. The van der Waals surface area contributed by atoms with Crippen LogP contribution in [-0.2, 0) is 19.1 Å². The number of carbonyl (C=O) groups excluding carboxylic acids is 3. The van der Waals surface area contributed by atoms with E-state index >= 15 is 0 Å². The molecule has 2 fully saturated rings. The van der Waals surface area contributed by atoms with E-state index in [1.807, 2.05) is 48.7 Å². The van der Waals surface area contributed by atoms with Crippen molar-refractivity contribution < 1.29 is 19.1 Å². The number of likely N-dealkylation sites (tertiary alicyclic amines) is 1. The maximum Gasteiger partial charge on any atom is 0.311 e. The molecule has 2 aliphatic heterocycles. The zero-order chi connectivity index (χ0) is 20.4. The largest absolute Gasteiger partial charge is 0.455 e. The number of anilines is 1. The predicted molar refractivity (Wildman–Crippen MR) is 111 cm³/mol. The van der Waals surface area contributed by atoms with Crippen molar-refractivity contribution in [3.8, 4) is 0 Å². The van der Waals surface area contributed by atoms with E-state index in [0.29, 0.717) is 6.54 Å².